The van der Waals surface area contributed by atoms with Gasteiger partial charge in [-0.05, 0) is 32.9 Å². The second-order valence-electron chi connectivity index (χ2n) is 8.59. The summed E-state index contributed by atoms with van der Waals surface area (Å²) in [7, 11) is -3.63. The number of piperazine rings is 1. The fourth-order valence-electron chi connectivity index (χ4n) is 4.59. The first kappa shape index (κ1) is 22.3. The third kappa shape index (κ3) is 4.67. The van der Waals surface area contributed by atoms with E-state index in [9.17, 15) is 13.2 Å². The standard InChI is InChI=1S/C21H31N3O6S/c1-15-13-23(14-16(2)30-15)21(25)17(3)22-6-8-24(9-7-22)31(26,27)18-4-5-19-20(12-18)29-11-10-28-19/h4-5,12,15-17H,6-11,13-14H2,1-3H3/p+1/t15-,16-,17-/m1/s1. The first-order chi connectivity index (χ1) is 14.8. The van der Waals surface area contributed by atoms with E-state index in [0.717, 1.165) is 4.90 Å². The molecule has 1 aromatic rings. The number of sulfonamides is 1. The second-order valence-corrected chi connectivity index (χ2v) is 10.5. The molecule has 3 heterocycles. The van der Waals surface area contributed by atoms with Gasteiger partial charge in [0, 0.05) is 19.2 Å². The monoisotopic (exact) mass is 454 g/mol. The number of nitrogens with one attached hydrogen (secondary N) is 1. The molecule has 0 spiro atoms. The third-order valence-corrected chi connectivity index (χ3v) is 8.12. The van der Waals surface area contributed by atoms with Crippen LogP contribution in [0.5, 0.6) is 11.5 Å². The minimum Gasteiger partial charge on any atom is -0.486 e. The lowest BCUT2D eigenvalue weighted by Crippen LogP contribution is -3.19. The molecule has 2 saturated heterocycles. The van der Waals surface area contributed by atoms with Crippen LogP contribution in [0.15, 0.2) is 23.1 Å². The number of benzene rings is 1. The number of amides is 1. The minimum absolute atomic E-state index is 0.0305. The smallest absolute Gasteiger partial charge is 0.280 e. The molecule has 31 heavy (non-hydrogen) atoms. The Labute approximate surface area is 183 Å². The average molecular weight is 455 g/mol. The molecular weight excluding hydrogens is 422 g/mol. The maximum absolute atomic E-state index is 13.1. The summed E-state index contributed by atoms with van der Waals surface area (Å²) in [5.74, 6) is 1.14. The van der Waals surface area contributed by atoms with E-state index in [1.807, 2.05) is 25.7 Å². The second kappa shape index (κ2) is 8.93. The summed E-state index contributed by atoms with van der Waals surface area (Å²) in [5.41, 5.74) is 0. The number of hydrogen-bond acceptors (Lipinski definition) is 6. The first-order valence-electron chi connectivity index (χ1n) is 10.9. The van der Waals surface area contributed by atoms with Gasteiger partial charge >= 0.3 is 0 Å². The van der Waals surface area contributed by atoms with Gasteiger partial charge in [-0.3, -0.25) is 4.79 Å². The van der Waals surface area contributed by atoms with Crippen molar-refractivity contribution in [2.24, 2.45) is 0 Å². The van der Waals surface area contributed by atoms with Crippen molar-refractivity contribution in [1.29, 1.82) is 0 Å². The summed E-state index contributed by atoms with van der Waals surface area (Å²) in [6, 6.07) is 4.54. The van der Waals surface area contributed by atoms with Crippen LogP contribution in [0, 0.1) is 0 Å². The van der Waals surface area contributed by atoms with Crippen LogP contribution in [0.25, 0.3) is 0 Å². The summed E-state index contributed by atoms with van der Waals surface area (Å²) < 4.78 is 44.5. The number of carbonyl (C=O) groups excluding carboxylic acids is 1. The molecule has 2 fully saturated rings. The Bertz CT molecular complexity index is 906. The van der Waals surface area contributed by atoms with Crippen molar-refractivity contribution in [2.45, 2.75) is 43.9 Å². The SMILES string of the molecule is C[C@@H]1CN(C(=O)[C@@H](C)[NH+]2CCN(S(=O)(=O)c3ccc4c(c3)OCCO4)CC2)C[C@@H](C)O1. The van der Waals surface area contributed by atoms with Gasteiger partial charge in [0.2, 0.25) is 10.0 Å². The number of hydrogen-bond donors (Lipinski definition) is 1. The Kier molecular flexibility index (Phi) is 6.43. The fourth-order valence-corrected chi connectivity index (χ4v) is 6.04. The number of rotatable bonds is 4. The van der Waals surface area contributed by atoms with Crippen LogP contribution < -0.4 is 14.4 Å². The van der Waals surface area contributed by atoms with Crippen molar-refractivity contribution < 1.29 is 32.3 Å². The molecule has 0 aliphatic carbocycles. The molecule has 1 aromatic carbocycles. The molecule has 0 bridgehead atoms. The van der Waals surface area contributed by atoms with Crippen molar-refractivity contribution in [3.8, 4) is 11.5 Å². The maximum Gasteiger partial charge on any atom is 0.280 e. The van der Waals surface area contributed by atoms with Crippen LogP contribution in [0.1, 0.15) is 20.8 Å². The van der Waals surface area contributed by atoms with Gasteiger partial charge in [0.25, 0.3) is 5.91 Å². The first-order valence-corrected chi connectivity index (χ1v) is 12.4. The number of nitrogens with zero attached hydrogens (tertiary/aromatic N) is 2. The molecule has 1 amide bonds. The summed E-state index contributed by atoms with van der Waals surface area (Å²) in [6.45, 7) is 9.90. The Morgan fingerprint density at radius 1 is 1.06 bits per heavy atom. The lowest BCUT2D eigenvalue weighted by Gasteiger charge is -2.39. The van der Waals surface area contributed by atoms with Gasteiger partial charge in [0.1, 0.15) is 13.2 Å². The van der Waals surface area contributed by atoms with Crippen LogP contribution in [-0.2, 0) is 19.6 Å². The molecule has 3 atom stereocenters. The van der Waals surface area contributed by atoms with Crippen LogP contribution in [0.2, 0.25) is 0 Å². The highest BCUT2D eigenvalue weighted by atomic mass is 32.2. The van der Waals surface area contributed by atoms with Crippen molar-refractivity contribution in [3.63, 3.8) is 0 Å². The number of carbonyl (C=O) groups is 1. The predicted octanol–water partition coefficient (Wildman–Crippen LogP) is -0.629. The molecule has 0 saturated carbocycles. The van der Waals surface area contributed by atoms with Crippen molar-refractivity contribution in [1.82, 2.24) is 9.21 Å². The molecule has 9 nitrogen and oxygen atoms in total. The molecule has 0 unspecified atom stereocenters. The van der Waals surface area contributed by atoms with E-state index in [1.54, 1.807) is 12.1 Å². The third-order valence-electron chi connectivity index (χ3n) is 6.23. The maximum atomic E-state index is 13.1. The zero-order valence-corrected chi connectivity index (χ0v) is 19.2. The van der Waals surface area contributed by atoms with Gasteiger partial charge in [0.05, 0.1) is 43.3 Å². The lowest BCUT2D eigenvalue weighted by molar-refractivity contribution is -0.918. The summed E-state index contributed by atoms with van der Waals surface area (Å²) in [6.07, 6.45) is 0.0609. The lowest BCUT2D eigenvalue weighted by atomic mass is 10.1. The molecule has 1 N–H and O–H groups in total. The van der Waals surface area contributed by atoms with Crippen molar-refractivity contribution in [3.05, 3.63) is 18.2 Å². The van der Waals surface area contributed by atoms with Crippen LogP contribution in [0.4, 0.5) is 0 Å². The Balaban J connectivity index is 1.38. The number of quaternary nitrogens is 1. The van der Waals surface area contributed by atoms with E-state index >= 15 is 0 Å². The van der Waals surface area contributed by atoms with Crippen LogP contribution in [-0.4, -0.2) is 94.3 Å². The number of morpholine rings is 1. The number of ether oxygens (including phenoxy) is 3. The zero-order chi connectivity index (χ0) is 22.2. The summed E-state index contributed by atoms with van der Waals surface area (Å²) in [5, 5.41) is 0. The summed E-state index contributed by atoms with van der Waals surface area (Å²) in [4.78, 5) is 16.2. The number of fused-ring (bicyclic) bond motifs is 1. The minimum atomic E-state index is -3.63. The molecule has 172 valence electrons. The Morgan fingerprint density at radius 2 is 1.68 bits per heavy atom. The van der Waals surface area contributed by atoms with Gasteiger partial charge in [-0.2, -0.15) is 4.31 Å². The van der Waals surface area contributed by atoms with E-state index in [4.69, 9.17) is 14.2 Å². The van der Waals surface area contributed by atoms with E-state index in [2.05, 4.69) is 0 Å². The average Bonchev–Trinajstić information content (AvgIpc) is 2.77. The van der Waals surface area contributed by atoms with Gasteiger partial charge in [-0.1, -0.05) is 0 Å². The van der Waals surface area contributed by atoms with E-state index in [1.165, 1.54) is 10.4 Å². The van der Waals surface area contributed by atoms with Gasteiger partial charge in [-0.25, -0.2) is 8.42 Å². The van der Waals surface area contributed by atoms with Gasteiger partial charge in [-0.15, -0.1) is 0 Å². The highest BCUT2D eigenvalue weighted by Crippen LogP contribution is 2.33. The van der Waals surface area contributed by atoms with Crippen molar-refractivity contribution >= 4 is 15.9 Å². The Hall–Kier alpha value is -1.88. The van der Waals surface area contributed by atoms with Crippen LogP contribution >= 0.6 is 0 Å². The largest absolute Gasteiger partial charge is 0.486 e. The van der Waals surface area contributed by atoms with E-state index < -0.39 is 10.0 Å². The van der Waals surface area contributed by atoms with E-state index in [0.29, 0.717) is 64.0 Å². The Morgan fingerprint density at radius 3 is 2.32 bits per heavy atom. The molecule has 4 rings (SSSR count). The zero-order valence-electron chi connectivity index (χ0n) is 18.4. The highest BCUT2D eigenvalue weighted by molar-refractivity contribution is 7.89. The quantitative estimate of drug-likeness (QED) is 0.652. The predicted molar refractivity (Wildman–Crippen MR) is 113 cm³/mol. The molecule has 3 aliphatic heterocycles. The molecule has 3 aliphatic rings. The normalized spacial score (nSPS) is 26.5. The van der Waals surface area contributed by atoms with Gasteiger partial charge in [0.15, 0.2) is 17.5 Å². The molecular formula is C21H32N3O6S+. The highest BCUT2D eigenvalue weighted by Gasteiger charge is 2.37. The van der Waals surface area contributed by atoms with Gasteiger partial charge < -0.3 is 24.0 Å². The van der Waals surface area contributed by atoms with Crippen molar-refractivity contribution in [2.75, 3.05) is 52.5 Å². The van der Waals surface area contributed by atoms with E-state index in [-0.39, 0.29) is 29.1 Å². The molecule has 0 radical (unpaired) electrons. The topological polar surface area (TPSA) is 89.8 Å². The fraction of sp³-hybridized carbons (Fsp3) is 0.667. The summed E-state index contributed by atoms with van der Waals surface area (Å²) >= 11 is 0. The van der Waals surface area contributed by atoms with Crippen LogP contribution in [0.3, 0.4) is 0 Å². The molecule has 10 heteroatoms. The molecule has 0 aromatic heterocycles.